The van der Waals surface area contributed by atoms with Gasteiger partial charge < -0.3 is 5.32 Å². The van der Waals surface area contributed by atoms with Gasteiger partial charge in [-0.05, 0) is 40.7 Å². The van der Waals surface area contributed by atoms with Gasteiger partial charge in [-0.25, -0.2) is 4.98 Å². The predicted octanol–water partition coefficient (Wildman–Crippen LogP) is 2.23. The molecule has 0 aliphatic rings. The second-order valence-electron chi connectivity index (χ2n) is 3.55. The molecule has 0 spiro atoms. The summed E-state index contributed by atoms with van der Waals surface area (Å²) >= 11 is 3.52. The maximum atomic E-state index is 8.94. The lowest BCUT2D eigenvalue weighted by Gasteiger charge is -2.08. The fourth-order valence-electron chi connectivity index (χ4n) is 1.64. The van der Waals surface area contributed by atoms with Gasteiger partial charge in [0.05, 0.1) is 5.69 Å². The summed E-state index contributed by atoms with van der Waals surface area (Å²) in [6.07, 6.45) is 3.39. The first-order valence-corrected chi connectivity index (χ1v) is 5.92. The molecule has 2 rings (SSSR count). The molecule has 0 amide bonds. The van der Waals surface area contributed by atoms with E-state index in [1.807, 2.05) is 25.2 Å². The Kier molecular flexibility index (Phi) is 3.57. The van der Waals surface area contributed by atoms with E-state index in [1.165, 1.54) is 5.56 Å². The highest BCUT2D eigenvalue weighted by atomic mass is 79.9. The summed E-state index contributed by atoms with van der Waals surface area (Å²) in [5.74, 6) is 0.382. The van der Waals surface area contributed by atoms with Crippen LogP contribution in [0.2, 0.25) is 0 Å². The third-order valence-corrected chi connectivity index (χ3v) is 3.03. The summed E-state index contributed by atoms with van der Waals surface area (Å²) in [6, 6.07) is 8.09. The van der Waals surface area contributed by atoms with E-state index in [2.05, 4.69) is 32.3 Å². The fourth-order valence-corrected chi connectivity index (χ4v) is 2.26. The highest BCUT2D eigenvalue weighted by Gasteiger charge is 2.07. The van der Waals surface area contributed by atoms with E-state index < -0.39 is 0 Å². The highest BCUT2D eigenvalue weighted by Crippen LogP contribution is 2.23. The first kappa shape index (κ1) is 11.8. The average molecular weight is 291 g/mol. The van der Waals surface area contributed by atoms with E-state index in [4.69, 9.17) is 5.26 Å². The van der Waals surface area contributed by atoms with Crippen molar-refractivity contribution in [2.45, 2.75) is 6.54 Å². The molecule has 0 aliphatic carbocycles. The standard InChI is InChI=1S/C12H11BrN4/c1-15-8-9-2-3-11(10(13)6-9)17-5-4-16-12(17)7-14/h2-6,15H,8H2,1H3. The molecule has 0 unspecified atom stereocenters. The van der Waals surface area contributed by atoms with E-state index in [0.717, 1.165) is 16.7 Å². The van der Waals surface area contributed by atoms with Crippen LogP contribution >= 0.6 is 15.9 Å². The minimum Gasteiger partial charge on any atom is -0.316 e. The molecular formula is C12H11BrN4. The van der Waals surface area contributed by atoms with Crippen molar-refractivity contribution in [1.82, 2.24) is 14.9 Å². The Morgan fingerprint density at radius 1 is 1.53 bits per heavy atom. The van der Waals surface area contributed by atoms with Crippen molar-refractivity contribution in [3.05, 3.63) is 46.5 Å². The predicted molar refractivity (Wildman–Crippen MR) is 68.7 cm³/mol. The van der Waals surface area contributed by atoms with Crippen LogP contribution in [0.15, 0.2) is 35.1 Å². The summed E-state index contributed by atoms with van der Waals surface area (Å²) in [4.78, 5) is 3.98. The minimum absolute atomic E-state index is 0.382. The Bertz CT molecular complexity index is 568. The van der Waals surface area contributed by atoms with Crippen LogP contribution in [0.5, 0.6) is 0 Å². The second kappa shape index (κ2) is 5.13. The molecule has 17 heavy (non-hydrogen) atoms. The molecule has 0 atom stereocenters. The number of benzene rings is 1. The van der Waals surface area contributed by atoms with Gasteiger partial charge in [-0.1, -0.05) is 6.07 Å². The lowest BCUT2D eigenvalue weighted by molar-refractivity contribution is 0.816. The molecule has 0 aliphatic heterocycles. The molecule has 0 radical (unpaired) electrons. The van der Waals surface area contributed by atoms with Crippen LogP contribution in [0.3, 0.4) is 0 Å². The molecule has 0 saturated carbocycles. The molecule has 0 fully saturated rings. The summed E-state index contributed by atoms with van der Waals surface area (Å²) < 4.78 is 2.70. The van der Waals surface area contributed by atoms with Crippen LogP contribution in [0.25, 0.3) is 5.69 Å². The van der Waals surface area contributed by atoms with Crippen LogP contribution in [-0.4, -0.2) is 16.6 Å². The number of halogens is 1. The van der Waals surface area contributed by atoms with Crippen molar-refractivity contribution in [3.8, 4) is 11.8 Å². The van der Waals surface area contributed by atoms with E-state index in [0.29, 0.717) is 5.82 Å². The fraction of sp³-hybridized carbons (Fsp3) is 0.167. The van der Waals surface area contributed by atoms with Gasteiger partial charge in [0, 0.05) is 23.4 Å². The molecule has 4 nitrogen and oxygen atoms in total. The molecule has 86 valence electrons. The van der Waals surface area contributed by atoms with Crippen molar-refractivity contribution in [1.29, 1.82) is 5.26 Å². The molecule has 1 heterocycles. The molecule has 5 heteroatoms. The van der Waals surface area contributed by atoms with E-state index in [1.54, 1.807) is 17.0 Å². The van der Waals surface area contributed by atoms with Gasteiger partial charge in [0.15, 0.2) is 0 Å². The zero-order valence-electron chi connectivity index (χ0n) is 9.31. The average Bonchev–Trinajstić information content (AvgIpc) is 2.77. The lowest BCUT2D eigenvalue weighted by Crippen LogP contribution is -2.05. The normalized spacial score (nSPS) is 10.2. The number of aromatic nitrogens is 2. The molecule has 1 aromatic carbocycles. The summed E-state index contributed by atoms with van der Waals surface area (Å²) in [7, 11) is 1.91. The van der Waals surface area contributed by atoms with E-state index >= 15 is 0 Å². The quantitative estimate of drug-likeness (QED) is 0.943. The Hall–Kier alpha value is -1.64. The molecule has 1 aromatic heterocycles. The lowest BCUT2D eigenvalue weighted by atomic mass is 10.2. The zero-order valence-corrected chi connectivity index (χ0v) is 10.9. The van der Waals surface area contributed by atoms with Gasteiger partial charge in [0.2, 0.25) is 5.82 Å². The number of hydrogen-bond donors (Lipinski definition) is 1. The van der Waals surface area contributed by atoms with Gasteiger partial charge >= 0.3 is 0 Å². The number of rotatable bonds is 3. The molecule has 2 aromatic rings. The van der Waals surface area contributed by atoms with Crippen molar-refractivity contribution < 1.29 is 0 Å². The zero-order chi connectivity index (χ0) is 12.3. The van der Waals surface area contributed by atoms with Crippen LogP contribution in [0.4, 0.5) is 0 Å². The molecule has 0 saturated heterocycles. The first-order chi connectivity index (χ1) is 8.26. The molecule has 0 bridgehead atoms. The Morgan fingerprint density at radius 3 is 3.00 bits per heavy atom. The largest absolute Gasteiger partial charge is 0.316 e. The number of nitrogens with zero attached hydrogens (tertiary/aromatic N) is 3. The summed E-state index contributed by atoms with van der Waals surface area (Å²) in [5.41, 5.74) is 2.10. The van der Waals surface area contributed by atoms with Crippen LogP contribution < -0.4 is 5.32 Å². The first-order valence-electron chi connectivity index (χ1n) is 5.13. The maximum Gasteiger partial charge on any atom is 0.217 e. The highest BCUT2D eigenvalue weighted by molar-refractivity contribution is 9.10. The molecule has 1 N–H and O–H groups in total. The monoisotopic (exact) mass is 290 g/mol. The SMILES string of the molecule is CNCc1ccc(-n2ccnc2C#N)c(Br)c1. The smallest absolute Gasteiger partial charge is 0.217 e. The third kappa shape index (κ3) is 2.38. The minimum atomic E-state index is 0.382. The van der Waals surface area contributed by atoms with Crippen LogP contribution in [0.1, 0.15) is 11.4 Å². The topological polar surface area (TPSA) is 53.6 Å². The Morgan fingerprint density at radius 2 is 2.35 bits per heavy atom. The van der Waals surface area contributed by atoms with Crippen molar-refractivity contribution in [2.75, 3.05) is 7.05 Å². The number of imidazole rings is 1. The van der Waals surface area contributed by atoms with Crippen molar-refractivity contribution in [2.24, 2.45) is 0 Å². The summed E-state index contributed by atoms with van der Waals surface area (Å²) in [5, 5.41) is 12.0. The van der Waals surface area contributed by atoms with Crippen molar-refractivity contribution >= 4 is 15.9 Å². The second-order valence-corrected chi connectivity index (χ2v) is 4.40. The Balaban J connectivity index is 2.44. The van der Waals surface area contributed by atoms with E-state index in [9.17, 15) is 0 Å². The number of hydrogen-bond acceptors (Lipinski definition) is 3. The van der Waals surface area contributed by atoms with Gasteiger partial charge in [-0.3, -0.25) is 4.57 Å². The van der Waals surface area contributed by atoms with Crippen LogP contribution in [0, 0.1) is 11.3 Å². The van der Waals surface area contributed by atoms with Gasteiger partial charge in [0.1, 0.15) is 6.07 Å². The number of nitriles is 1. The van der Waals surface area contributed by atoms with Crippen molar-refractivity contribution in [3.63, 3.8) is 0 Å². The number of nitrogens with one attached hydrogen (secondary N) is 1. The van der Waals surface area contributed by atoms with Crippen LogP contribution in [-0.2, 0) is 6.54 Å². The van der Waals surface area contributed by atoms with Gasteiger partial charge in [-0.2, -0.15) is 5.26 Å². The van der Waals surface area contributed by atoms with Gasteiger partial charge in [-0.15, -0.1) is 0 Å². The Labute approximate surface area is 108 Å². The van der Waals surface area contributed by atoms with Gasteiger partial charge in [0.25, 0.3) is 0 Å². The molecular weight excluding hydrogens is 280 g/mol. The van der Waals surface area contributed by atoms with E-state index in [-0.39, 0.29) is 0 Å². The summed E-state index contributed by atoms with van der Waals surface area (Å²) in [6.45, 7) is 0.813. The third-order valence-electron chi connectivity index (χ3n) is 2.39. The maximum absolute atomic E-state index is 8.94.